The van der Waals surface area contributed by atoms with Gasteiger partial charge >= 0.3 is 0 Å². The molecule has 0 bridgehead atoms. The SMILES string of the molecule is CC(C)N(C(=O)CN1CC(C(=O)N2CCCCC2)Oc2ccccc21)c1ccccc1. The summed E-state index contributed by atoms with van der Waals surface area (Å²) in [5.41, 5.74) is 1.74. The monoisotopic (exact) mass is 421 g/mol. The van der Waals surface area contributed by atoms with Gasteiger partial charge in [0.15, 0.2) is 6.10 Å². The molecule has 0 N–H and O–H groups in total. The molecule has 2 aromatic carbocycles. The molecule has 2 aliphatic rings. The van der Waals surface area contributed by atoms with Crippen molar-refractivity contribution in [2.75, 3.05) is 36.0 Å². The number of ether oxygens (including phenoxy) is 1. The van der Waals surface area contributed by atoms with Gasteiger partial charge < -0.3 is 19.4 Å². The maximum Gasteiger partial charge on any atom is 0.265 e. The van der Waals surface area contributed by atoms with Crippen LogP contribution in [0.5, 0.6) is 5.75 Å². The number of benzene rings is 2. The Labute approximate surface area is 184 Å². The van der Waals surface area contributed by atoms with Crippen LogP contribution in [-0.2, 0) is 9.59 Å². The molecule has 1 unspecified atom stereocenters. The second-order valence-electron chi connectivity index (χ2n) is 8.53. The highest BCUT2D eigenvalue weighted by atomic mass is 16.5. The summed E-state index contributed by atoms with van der Waals surface area (Å²) < 4.78 is 6.09. The van der Waals surface area contributed by atoms with Gasteiger partial charge in [-0.15, -0.1) is 0 Å². The van der Waals surface area contributed by atoms with Gasteiger partial charge in [0, 0.05) is 24.8 Å². The second kappa shape index (κ2) is 9.41. The van der Waals surface area contributed by atoms with E-state index in [1.807, 2.05) is 83.1 Å². The lowest BCUT2D eigenvalue weighted by atomic mass is 10.1. The van der Waals surface area contributed by atoms with Crippen molar-refractivity contribution < 1.29 is 14.3 Å². The van der Waals surface area contributed by atoms with Gasteiger partial charge in [-0.1, -0.05) is 30.3 Å². The predicted molar refractivity (Wildman–Crippen MR) is 123 cm³/mol. The molecular formula is C25H31N3O3. The molecule has 2 heterocycles. The van der Waals surface area contributed by atoms with E-state index in [1.54, 1.807) is 0 Å². The number of para-hydroxylation sites is 3. The molecule has 164 valence electrons. The van der Waals surface area contributed by atoms with Crippen LogP contribution in [0.4, 0.5) is 11.4 Å². The van der Waals surface area contributed by atoms with Crippen molar-refractivity contribution in [3.8, 4) is 5.75 Å². The number of fused-ring (bicyclic) bond motifs is 1. The molecule has 6 heteroatoms. The highest BCUT2D eigenvalue weighted by Gasteiger charge is 2.35. The summed E-state index contributed by atoms with van der Waals surface area (Å²) in [6.07, 6.45) is 2.66. The van der Waals surface area contributed by atoms with Crippen molar-refractivity contribution in [1.29, 1.82) is 0 Å². The third-order valence-corrected chi connectivity index (χ3v) is 5.95. The van der Waals surface area contributed by atoms with E-state index >= 15 is 0 Å². The number of piperidine rings is 1. The zero-order chi connectivity index (χ0) is 21.8. The second-order valence-corrected chi connectivity index (χ2v) is 8.53. The highest BCUT2D eigenvalue weighted by Crippen LogP contribution is 2.34. The molecule has 0 saturated carbocycles. The highest BCUT2D eigenvalue weighted by molar-refractivity contribution is 5.97. The summed E-state index contributed by atoms with van der Waals surface area (Å²) >= 11 is 0. The van der Waals surface area contributed by atoms with Crippen LogP contribution in [0.25, 0.3) is 0 Å². The normalized spacial score (nSPS) is 18.4. The van der Waals surface area contributed by atoms with E-state index in [0.29, 0.717) is 12.3 Å². The van der Waals surface area contributed by atoms with Crippen LogP contribution in [0.15, 0.2) is 54.6 Å². The molecule has 0 aliphatic carbocycles. The van der Waals surface area contributed by atoms with Gasteiger partial charge in [-0.25, -0.2) is 0 Å². The number of amides is 2. The van der Waals surface area contributed by atoms with E-state index in [0.717, 1.165) is 37.3 Å². The van der Waals surface area contributed by atoms with Crippen LogP contribution in [0.2, 0.25) is 0 Å². The Kier molecular flexibility index (Phi) is 6.44. The number of rotatable bonds is 5. The molecule has 4 rings (SSSR count). The Morgan fingerprint density at radius 3 is 2.39 bits per heavy atom. The maximum atomic E-state index is 13.4. The van der Waals surface area contributed by atoms with Gasteiger partial charge in [0.25, 0.3) is 5.91 Å². The standard InChI is InChI=1S/C25H31N3O3/c1-19(2)28(20-11-5-3-6-12-20)24(29)18-27-17-23(25(30)26-15-9-4-10-16-26)31-22-14-8-7-13-21(22)27/h3,5-8,11-14,19,23H,4,9-10,15-18H2,1-2H3. The van der Waals surface area contributed by atoms with Gasteiger partial charge in [-0.3, -0.25) is 9.59 Å². The number of likely N-dealkylation sites (tertiary alicyclic amines) is 1. The van der Waals surface area contributed by atoms with Crippen LogP contribution in [0.3, 0.4) is 0 Å². The molecule has 0 radical (unpaired) electrons. The summed E-state index contributed by atoms with van der Waals surface area (Å²) in [5.74, 6) is 0.685. The number of nitrogens with zero attached hydrogens (tertiary/aromatic N) is 3. The van der Waals surface area contributed by atoms with Crippen LogP contribution >= 0.6 is 0 Å². The van der Waals surface area contributed by atoms with E-state index < -0.39 is 6.10 Å². The molecule has 2 aromatic rings. The summed E-state index contributed by atoms with van der Waals surface area (Å²) in [5, 5.41) is 0. The zero-order valence-corrected chi connectivity index (χ0v) is 18.4. The van der Waals surface area contributed by atoms with Gasteiger partial charge in [-0.05, 0) is 57.4 Å². The molecular weight excluding hydrogens is 390 g/mol. The number of carbonyl (C=O) groups excluding carboxylic acids is 2. The van der Waals surface area contributed by atoms with Gasteiger partial charge in [0.2, 0.25) is 5.91 Å². The third-order valence-electron chi connectivity index (χ3n) is 5.95. The fourth-order valence-electron chi connectivity index (χ4n) is 4.46. The van der Waals surface area contributed by atoms with Crippen molar-refractivity contribution >= 4 is 23.2 Å². The van der Waals surface area contributed by atoms with Crippen LogP contribution in [0, 0.1) is 0 Å². The first-order chi connectivity index (χ1) is 15.0. The molecule has 1 fully saturated rings. The first-order valence-corrected chi connectivity index (χ1v) is 11.2. The Bertz CT molecular complexity index is 909. The molecule has 31 heavy (non-hydrogen) atoms. The predicted octanol–water partition coefficient (Wildman–Crippen LogP) is 3.71. The topological polar surface area (TPSA) is 53.1 Å². The molecule has 6 nitrogen and oxygen atoms in total. The quantitative estimate of drug-likeness (QED) is 0.739. The van der Waals surface area contributed by atoms with Crippen molar-refractivity contribution in [2.24, 2.45) is 0 Å². The Morgan fingerprint density at radius 2 is 1.68 bits per heavy atom. The molecule has 1 saturated heterocycles. The average molecular weight is 422 g/mol. The summed E-state index contributed by atoms with van der Waals surface area (Å²) in [6.45, 7) is 6.17. The largest absolute Gasteiger partial charge is 0.477 e. The lowest BCUT2D eigenvalue weighted by Crippen LogP contribution is -2.53. The fourth-order valence-corrected chi connectivity index (χ4v) is 4.46. The van der Waals surface area contributed by atoms with Crippen LogP contribution in [0.1, 0.15) is 33.1 Å². The average Bonchev–Trinajstić information content (AvgIpc) is 2.79. The first kappa shape index (κ1) is 21.2. The van der Waals surface area contributed by atoms with E-state index in [-0.39, 0.29) is 24.4 Å². The lowest BCUT2D eigenvalue weighted by molar-refractivity contribution is -0.139. The Hall–Kier alpha value is -3.02. The van der Waals surface area contributed by atoms with Crippen molar-refractivity contribution in [3.05, 3.63) is 54.6 Å². The summed E-state index contributed by atoms with van der Waals surface area (Å²) in [7, 11) is 0. The van der Waals surface area contributed by atoms with Crippen molar-refractivity contribution in [1.82, 2.24) is 4.90 Å². The molecule has 1 atom stereocenters. The summed E-state index contributed by atoms with van der Waals surface area (Å²) in [4.78, 5) is 32.2. The molecule has 0 aromatic heterocycles. The zero-order valence-electron chi connectivity index (χ0n) is 18.4. The van der Waals surface area contributed by atoms with Crippen molar-refractivity contribution in [2.45, 2.75) is 45.3 Å². The number of anilines is 2. The smallest absolute Gasteiger partial charge is 0.265 e. The minimum Gasteiger partial charge on any atom is -0.477 e. The molecule has 0 spiro atoms. The fraction of sp³-hybridized carbons (Fsp3) is 0.440. The molecule has 2 amide bonds. The van der Waals surface area contributed by atoms with E-state index in [2.05, 4.69) is 0 Å². The third kappa shape index (κ3) is 4.68. The van der Waals surface area contributed by atoms with Gasteiger partial charge in [-0.2, -0.15) is 0 Å². The van der Waals surface area contributed by atoms with E-state index in [1.165, 1.54) is 6.42 Å². The number of hydrogen-bond donors (Lipinski definition) is 0. The maximum absolute atomic E-state index is 13.4. The minimum absolute atomic E-state index is 0.00192. The van der Waals surface area contributed by atoms with Gasteiger partial charge in [0.05, 0.1) is 18.8 Å². The van der Waals surface area contributed by atoms with Crippen LogP contribution < -0.4 is 14.5 Å². The Morgan fingerprint density at radius 1 is 1.00 bits per heavy atom. The van der Waals surface area contributed by atoms with E-state index in [4.69, 9.17) is 4.74 Å². The lowest BCUT2D eigenvalue weighted by Gasteiger charge is -2.39. The van der Waals surface area contributed by atoms with Gasteiger partial charge in [0.1, 0.15) is 5.75 Å². The number of hydrogen-bond acceptors (Lipinski definition) is 4. The molecule has 2 aliphatic heterocycles. The van der Waals surface area contributed by atoms with E-state index in [9.17, 15) is 9.59 Å². The Balaban J connectivity index is 1.55. The summed E-state index contributed by atoms with van der Waals surface area (Å²) in [6, 6.07) is 17.4. The first-order valence-electron chi connectivity index (χ1n) is 11.2. The number of carbonyl (C=O) groups is 2. The van der Waals surface area contributed by atoms with Crippen LogP contribution in [-0.4, -0.2) is 55.0 Å². The minimum atomic E-state index is -0.593. The van der Waals surface area contributed by atoms with Crippen molar-refractivity contribution in [3.63, 3.8) is 0 Å².